The van der Waals surface area contributed by atoms with Crippen molar-refractivity contribution in [2.45, 2.75) is 64.0 Å². The first-order valence-electron chi connectivity index (χ1n) is 9.57. The third-order valence-electron chi connectivity index (χ3n) is 4.77. The van der Waals surface area contributed by atoms with E-state index in [2.05, 4.69) is 25.3 Å². The molecule has 1 fully saturated rings. The predicted octanol–water partition coefficient (Wildman–Crippen LogP) is 2.34. The fourth-order valence-corrected chi connectivity index (χ4v) is 3.22. The molecule has 0 spiro atoms. The molecule has 0 radical (unpaired) electrons. The molecule has 0 unspecified atom stereocenters. The van der Waals surface area contributed by atoms with E-state index in [4.69, 9.17) is 4.74 Å². The SMILES string of the molecule is CN=C(NCCCCOC1CCCCCC1)N(C)Cc1ncnn1C. The van der Waals surface area contributed by atoms with Crippen LogP contribution in [-0.2, 0) is 18.3 Å². The Balaban J connectivity index is 1.58. The molecule has 0 atom stereocenters. The number of aromatic nitrogens is 3. The van der Waals surface area contributed by atoms with Crippen molar-refractivity contribution in [2.75, 3.05) is 27.2 Å². The van der Waals surface area contributed by atoms with Crippen molar-refractivity contribution in [3.8, 4) is 0 Å². The molecule has 1 heterocycles. The van der Waals surface area contributed by atoms with Gasteiger partial charge in [0, 0.05) is 34.3 Å². The topological polar surface area (TPSA) is 67.6 Å². The molecule has 1 N–H and O–H groups in total. The summed E-state index contributed by atoms with van der Waals surface area (Å²) in [6.07, 6.45) is 12.2. The summed E-state index contributed by atoms with van der Waals surface area (Å²) in [5.74, 6) is 1.80. The number of hydrogen-bond donors (Lipinski definition) is 1. The van der Waals surface area contributed by atoms with Gasteiger partial charge in [0.25, 0.3) is 0 Å². The molecule has 0 amide bonds. The van der Waals surface area contributed by atoms with Gasteiger partial charge in [0.15, 0.2) is 5.96 Å². The maximum absolute atomic E-state index is 6.04. The van der Waals surface area contributed by atoms with Crippen LogP contribution in [0.4, 0.5) is 0 Å². The maximum Gasteiger partial charge on any atom is 0.193 e. The van der Waals surface area contributed by atoms with Crippen LogP contribution in [0.1, 0.15) is 57.2 Å². The van der Waals surface area contributed by atoms with Gasteiger partial charge in [0.1, 0.15) is 12.2 Å². The normalized spacial score (nSPS) is 16.7. The summed E-state index contributed by atoms with van der Waals surface area (Å²) in [6.45, 7) is 2.46. The number of aryl methyl sites for hydroxylation is 1. The maximum atomic E-state index is 6.04. The van der Waals surface area contributed by atoms with Gasteiger partial charge in [-0.1, -0.05) is 25.7 Å². The van der Waals surface area contributed by atoms with Crippen LogP contribution in [-0.4, -0.2) is 59.0 Å². The van der Waals surface area contributed by atoms with Gasteiger partial charge in [0.05, 0.1) is 12.6 Å². The number of nitrogens with zero attached hydrogens (tertiary/aromatic N) is 5. The molecule has 142 valence electrons. The molecule has 1 aliphatic rings. The first kappa shape index (κ1) is 19.7. The van der Waals surface area contributed by atoms with E-state index in [0.717, 1.165) is 37.8 Å². The van der Waals surface area contributed by atoms with Crippen LogP contribution in [0, 0.1) is 0 Å². The Labute approximate surface area is 151 Å². The molecular weight excluding hydrogens is 316 g/mol. The minimum absolute atomic E-state index is 0.501. The van der Waals surface area contributed by atoms with Crippen LogP contribution in [0.25, 0.3) is 0 Å². The first-order valence-corrected chi connectivity index (χ1v) is 9.57. The zero-order chi connectivity index (χ0) is 17.9. The summed E-state index contributed by atoms with van der Waals surface area (Å²) in [5, 5.41) is 7.51. The summed E-state index contributed by atoms with van der Waals surface area (Å²) < 4.78 is 7.83. The Bertz CT molecular complexity index is 507. The largest absolute Gasteiger partial charge is 0.378 e. The van der Waals surface area contributed by atoms with Gasteiger partial charge >= 0.3 is 0 Å². The molecule has 0 aromatic carbocycles. The number of unbranched alkanes of at least 4 members (excludes halogenated alkanes) is 1. The summed E-state index contributed by atoms with van der Waals surface area (Å²) in [4.78, 5) is 10.7. The van der Waals surface area contributed by atoms with Gasteiger partial charge in [-0.05, 0) is 25.7 Å². The molecule has 0 aliphatic heterocycles. The highest BCUT2D eigenvalue weighted by Crippen LogP contribution is 2.19. The van der Waals surface area contributed by atoms with Crippen molar-refractivity contribution in [3.05, 3.63) is 12.2 Å². The average Bonchev–Trinajstić information content (AvgIpc) is 2.86. The minimum Gasteiger partial charge on any atom is -0.378 e. The Hall–Kier alpha value is -1.63. The van der Waals surface area contributed by atoms with Crippen LogP contribution < -0.4 is 5.32 Å². The molecule has 1 saturated carbocycles. The Kier molecular flexibility index (Phi) is 8.72. The van der Waals surface area contributed by atoms with Crippen molar-refractivity contribution in [3.63, 3.8) is 0 Å². The lowest BCUT2D eigenvalue weighted by atomic mass is 10.1. The molecule has 0 saturated heterocycles. The van der Waals surface area contributed by atoms with Gasteiger partial charge in [-0.25, -0.2) is 4.98 Å². The molecule has 1 aromatic heterocycles. The Morgan fingerprint density at radius 3 is 2.72 bits per heavy atom. The second kappa shape index (κ2) is 11.1. The molecule has 1 aromatic rings. The fourth-order valence-electron chi connectivity index (χ4n) is 3.22. The lowest BCUT2D eigenvalue weighted by Gasteiger charge is -2.21. The van der Waals surface area contributed by atoms with E-state index >= 15 is 0 Å². The number of ether oxygens (including phenoxy) is 1. The highest BCUT2D eigenvalue weighted by atomic mass is 16.5. The molecule has 7 heteroatoms. The van der Waals surface area contributed by atoms with Crippen LogP contribution in [0.2, 0.25) is 0 Å². The van der Waals surface area contributed by atoms with Crippen molar-refractivity contribution in [1.29, 1.82) is 0 Å². The molecule has 1 aliphatic carbocycles. The van der Waals surface area contributed by atoms with Crippen LogP contribution in [0.15, 0.2) is 11.3 Å². The minimum atomic E-state index is 0.501. The van der Waals surface area contributed by atoms with Crippen molar-refractivity contribution < 1.29 is 4.74 Å². The highest BCUT2D eigenvalue weighted by molar-refractivity contribution is 5.79. The second-order valence-electron chi connectivity index (χ2n) is 6.82. The third-order valence-corrected chi connectivity index (χ3v) is 4.77. The van der Waals surface area contributed by atoms with E-state index in [1.807, 2.05) is 21.1 Å². The standard InChI is InChI=1S/C18H34N6O/c1-19-18(23(2)14-17-21-15-22-24(17)3)20-12-8-9-13-25-16-10-6-4-5-7-11-16/h15-16H,4-14H2,1-3H3,(H,19,20). The van der Waals surface area contributed by atoms with Gasteiger partial charge in [-0.3, -0.25) is 9.67 Å². The lowest BCUT2D eigenvalue weighted by molar-refractivity contribution is 0.0411. The number of guanidine groups is 1. The van der Waals surface area contributed by atoms with Gasteiger partial charge < -0.3 is 15.0 Å². The zero-order valence-electron chi connectivity index (χ0n) is 16.1. The van der Waals surface area contributed by atoms with E-state index in [-0.39, 0.29) is 0 Å². The van der Waals surface area contributed by atoms with E-state index in [1.54, 1.807) is 11.0 Å². The Morgan fingerprint density at radius 1 is 1.32 bits per heavy atom. The lowest BCUT2D eigenvalue weighted by Crippen LogP contribution is -2.39. The summed E-state index contributed by atoms with van der Waals surface area (Å²) in [6, 6.07) is 0. The third kappa shape index (κ3) is 7.02. The second-order valence-corrected chi connectivity index (χ2v) is 6.82. The fraction of sp³-hybridized carbons (Fsp3) is 0.833. The smallest absolute Gasteiger partial charge is 0.193 e. The summed E-state index contributed by atoms with van der Waals surface area (Å²) >= 11 is 0. The highest BCUT2D eigenvalue weighted by Gasteiger charge is 2.12. The monoisotopic (exact) mass is 350 g/mol. The van der Waals surface area contributed by atoms with Gasteiger partial charge in [-0.2, -0.15) is 5.10 Å². The van der Waals surface area contributed by atoms with E-state index in [9.17, 15) is 0 Å². The average molecular weight is 351 g/mol. The van der Waals surface area contributed by atoms with Crippen molar-refractivity contribution >= 4 is 5.96 Å². The molecular formula is C18H34N6O. The number of rotatable bonds is 8. The van der Waals surface area contributed by atoms with E-state index in [1.165, 1.54) is 38.5 Å². The quantitative estimate of drug-likeness (QED) is 0.337. The molecule has 7 nitrogen and oxygen atoms in total. The zero-order valence-corrected chi connectivity index (χ0v) is 16.1. The Morgan fingerprint density at radius 2 is 2.08 bits per heavy atom. The first-order chi connectivity index (χ1) is 12.2. The van der Waals surface area contributed by atoms with Crippen LogP contribution in [0.3, 0.4) is 0 Å². The number of aliphatic imine (C=N–C) groups is 1. The van der Waals surface area contributed by atoms with Crippen LogP contribution in [0.5, 0.6) is 0 Å². The van der Waals surface area contributed by atoms with Gasteiger partial charge in [-0.15, -0.1) is 0 Å². The summed E-state index contributed by atoms with van der Waals surface area (Å²) in [7, 11) is 5.73. The summed E-state index contributed by atoms with van der Waals surface area (Å²) in [5.41, 5.74) is 0. The molecule has 25 heavy (non-hydrogen) atoms. The van der Waals surface area contributed by atoms with E-state index < -0.39 is 0 Å². The number of hydrogen-bond acceptors (Lipinski definition) is 4. The van der Waals surface area contributed by atoms with Crippen molar-refractivity contribution in [2.24, 2.45) is 12.0 Å². The molecule has 0 bridgehead atoms. The van der Waals surface area contributed by atoms with Gasteiger partial charge in [0.2, 0.25) is 0 Å². The van der Waals surface area contributed by atoms with E-state index in [0.29, 0.717) is 12.6 Å². The van der Waals surface area contributed by atoms with Crippen LogP contribution >= 0.6 is 0 Å². The molecule has 2 rings (SSSR count). The predicted molar refractivity (Wildman–Crippen MR) is 101 cm³/mol. The number of nitrogens with one attached hydrogen (secondary N) is 1. The van der Waals surface area contributed by atoms with Crippen molar-refractivity contribution in [1.82, 2.24) is 25.0 Å².